The van der Waals surface area contributed by atoms with Crippen LogP contribution in [0.5, 0.6) is 5.75 Å². The van der Waals surface area contributed by atoms with Crippen molar-refractivity contribution in [3.63, 3.8) is 0 Å². The number of ether oxygens (including phenoxy) is 1. The summed E-state index contributed by atoms with van der Waals surface area (Å²) in [7, 11) is 1.49. The summed E-state index contributed by atoms with van der Waals surface area (Å²) in [5.74, 6) is -1.46. The Hall–Kier alpha value is -2.09. The molecule has 1 aliphatic heterocycles. The van der Waals surface area contributed by atoms with Gasteiger partial charge in [-0.25, -0.2) is 0 Å². The zero-order chi connectivity index (χ0) is 18.9. The first-order valence-corrected chi connectivity index (χ1v) is 8.60. The van der Waals surface area contributed by atoms with Crippen LogP contribution < -0.4 is 4.74 Å². The van der Waals surface area contributed by atoms with Gasteiger partial charge in [-0.1, -0.05) is 24.6 Å². The molecule has 0 aromatic heterocycles. The molecule has 2 atom stereocenters. The molecular formula is C18H21F3N2O3. The van der Waals surface area contributed by atoms with Crippen molar-refractivity contribution in [1.29, 1.82) is 0 Å². The summed E-state index contributed by atoms with van der Waals surface area (Å²) < 4.78 is 46.2. The van der Waals surface area contributed by atoms with Crippen molar-refractivity contribution in [3.8, 4) is 5.75 Å². The Morgan fingerprint density at radius 3 is 2.81 bits per heavy atom. The number of aliphatic hydroxyl groups is 1. The Balaban J connectivity index is 1.81. The lowest BCUT2D eigenvalue weighted by Crippen LogP contribution is -2.61. The third kappa shape index (κ3) is 3.06. The number of carbonyl (C=O) groups is 1. The van der Waals surface area contributed by atoms with Crippen molar-refractivity contribution < 1.29 is 27.8 Å². The van der Waals surface area contributed by atoms with Gasteiger partial charge in [-0.05, 0) is 37.3 Å². The van der Waals surface area contributed by atoms with Gasteiger partial charge in [-0.3, -0.25) is 4.79 Å². The summed E-state index contributed by atoms with van der Waals surface area (Å²) >= 11 is 0. The minimum atomic E-state index is -4.97. The van der Waals surface area contributed by atoms with Crippen LogP contribution in [0, 0.1) is 5.92 Å². The molecule has 1 fully saturated rings. The summed E-state index contributed by atoms with van der Waals surface area (Å²) in [5.41, 5.74) is -2.27. The predicted octanol–water partition coefficient (Wildman–Crippen LogP) is 3.27. The second kappa shape index (κ2) is 6.90. The third-order valence-electron chi connectivity index (χ3n) is 5.07. The number of hydrogen-bond donors (Lipinski definition) is 1. The molecule has 26 heavy (non-hydrogen) atoms. The van der Waals surface area contributed by atoms with Gasteiger partial charge in [0.05, 0.1) is 13.0 Å². The van der Waals surface area contributed by atoms with Crippen molar-refractivity contribution in [1.82, 2.24) is 5.01 Å². The number of alkyl halides is 3. The lowest BCUT2D eigenvalue weighted by molar-refractivity contribution is -0.317. The van der Waals surface area contributed by atoms with E-state index in [2.05, 4.69) is 5.10 Å². The maximum absolute atomic E-state index is 13.7. The molecule has 0 spiro atoms. The summed E-state index contributed by atoms with van der Waals surface area (Å²) in [6.07, 6.45) is -3.15. The molecule has 3 rings (SSSR count). The average molecular weight is 370 g/mol. The number of aryl methyl sites for hydroxylation is 1. The van der Waals surface area contributed by atoms with Crippen molar-refractivity contribution in [2.75, 3.05) is 7.11 Å². The highest BCUT2D eigenvalue weighted by molar-refractivity contribution is 5.93. The highest BCUT2D eigenvalue weighted by atomic mass is 19.4. The van der Waals surface area contributed by atoms with Gasteiger partial charge in [0, 0.05) is 12.1 Å². The number of para-hydroxylation sites is 1. The largest absolute Gasteiger partial charge is 0.496 e. The molecule has 1 amide bonds. The minimum Gasteiger partial charge on any atom is -0.496 e. The molecule has 0 bridgehead atoms. The second-order valence-electron chi connectivity index (χ2n) is 6.63. The number of hydrazone groups is 1. The number of methoxy groups -OCH3 is 1. The summed E-state index contributed by atoms with van der Waals surface area (Å²) in [6.45, 7) is 0. The smallest absolute Gasteiger partial charge is 0.439 e. The highest BCUT2D eigenvalue weighted by Gasteiger charge is 2.68. The van der Waals surface area contributed by atoms with E-state index in [1.807, 2.05) is 0 Å². The van der Waals surface area contributed by atoms with Crippen molar-refractivity contribution in [2.45, 2.75) is 50.4 Å². The van der Waals surface area contributed by atoms with Crippen LogP contribution in [0.25, 0.3) is 0 Å². The molecule has 8 heteroatoms. The Bertz CT molecular complexity index is 720. The molecule has 2 aliphatic rings. The monoisotopic (exact) mass is 370 g/mol. The van der Waals surface area contributed by atoms with Crippen LogP contribution in [0.4, 0.5) is 13.2 Å². The Morgan fingerprint density at radius 1 is 1.38 bits per heavy atom. The van der Waals surface area contributed by atoms with Gasteiger partial charge in [0.25, 0.3) is 5.72 Å². The number of rotatable bonds is 4. The second-order valence-corrected chi connectivity index (χ2v) is 6.63. The molecule has 1 aromatic rings. The molecule has 0 radical (unpaired) electrons. The van der Waals surface area contributed by atoms with Crippen LogP contribution in [0.3, 0.4) is 0 Å². The molecule has 2 unspecified atom stereocenters. The van der Waals surface area contributed by atoms with E-state index in [1.54, 1.807) is 24.3 Å². The zero-order valence-electron chi connectivity index (χ0n) is 14.4. The standard InChI is InChI=1S/C18H21F3N2O3/c1-26-15-9-5-2-6-12(15)10-11-16(24)23-17(25,18(19,20)21)13-7-3-4-8-14(13)22-23/h2,5-6,9,13,25H,3-4,7-8,10-11H2,1H3. The van der Waals surface area contributed by atoms with Crippen LogP contribution in [0.2, 0.25) is 0 Å². The molecule has 1 aliphatic carbocycles. The molecule has 5 nitrogen and oxygen atoms in total. The van der Waals surface area contributed by atoms with Gasteiger partial charge >= 0.3 is 6.18 Å². The molecule has 1 saturated carbocycles. The fourth-order valence-electron chi connectivity index (χ4n) is 3.72. The Labute approximate surface area is 149 Å². The topological polar surface area (TPSA) is 62.1 Å². The van der Waals surface area contributed by atoms with Gasteiger partial charge in [-0.2, -0.15) is 23.3 Å². The summed E-state index contributed by atoms with van der Waals surface area (Å²) in [4.78, 5) is 12.5. The summed E-state index contributed by atoms with van der Waals surface area (Å²) in [6, 6.07) is 7.00. The molecular weight excluding hydrogens is 349 g/mol. The van der Waals surface area contributed by atoms with Crippen LogP contribution >= 0.6 is 0 Å². The van der Waals surface area contributed by atoms with E-state index in [-0.39, 0.29) is 30.0 Å². The maximum atomic E-state index is 13.7. The van der Waals surface area contributed by atoms with E-state index in [0.717, 1.165) is 0 Å². The van der Waals surface area contributed by atoms with E-state index in [4.69, 9.17) is 4.74 Å². The third-order valence-corrected chi connectivity index (χ3v) is 5.07. The van der Waals surface area contributed by atoms with Crippen molar-refractivity contribution in [3.05, 3.63) is 29.8 Å². The molecule has 1 aromatic carbocycles. The maximum Gasteiger partial charge on any atom is 0.439 e. The molecule has 142 valence electrons. The summed E-state index contributed by atoms with van der Waals surface area (Å²) in [5, 5.41) is 14.6. The van der Waals surface area contributed by atoms with E-state index >= 15 is 0 Å². The number of benzene rings is 1. The predicted molar refractivity (Wildman–Crippen MR) is 88.6 cm³/mol. The Kier molecular flexibility index (Phi) is 4.96. The number of hydrogen-bond acceptors (Lipinski definition) is 4. The van der Waals surface area contributed by atoms with Gasteiger partial charge in [0.1, 0.15) is 5.75 Å². The van der Waals surface area contributed by atoms with E-state index < -0.39 is 23.7 Å². The van der Waals surface area contributed by atoms with Gasteiger partial charge in [-0.15, -0.1) is 0 Å². The van der Waals surface area contributed by atoms with Crippen LogP contribution in [-0.4, -0.2) is 40.7 Å². The lowest BCUT2D eigenvalue weighted by Gasteiger charge is -2.38. The molecule has 1 heterocycles. The fourth-order valence-corrected chi connectivity index (χ4v) is 3.72. The quantitative estimate of drug-likeness (QED) is 0.885. The van der Waals surface area contributed by atoms with E-state index in [0.29, 0.717) is 30.6 Å². The van der Waals surface area contributed by atoms with Crippen molar-refractivity contribution >= 4 is 11.6 Å². The first kappa shape index (κ1) is 18.7. The van der Waals surface area contributed by atoms with Crippen molar-refractivity contribution in [2.24, 2.45) is 11.0 Å². The average Bonchev–Trinajstić information content (AvgIpc) is 2.94. The van der Waals surface area contributed by atoms with E-state index in [9.17, 15) is 23.1 Å². The van der Waals surface area contributed by atoms with Crippen LogP contribution in [0.15, 0.2) is 29.4 Å². The normalized spacial score (nSPS) is 25.7. The molecule has 0 saturated heterocycles. The number of fused-ring (bicyclic) bond motifs is 1. The van der Waals surface area contributed by atoms with Gasteiger partial charge < -0.3 is 9.84 Å². The number of halogens is 3. The first-order chi connectivity index (χ1) is 12.3. The zero-order valence-corrected chi connectivity index (χ0v) is 14.4. The van der Waals surface area contributed by atoms with Gasteiger partial charge in [0.2, 0.25) is 5.91 Å². The highest BCUT2D eigenvalue weighted by Crippen LogP contribution is 2.48. The minimum absolute atomic E-state index is 0.172. The van der Waals surface area contributed by atoms with Crippen LogP contribution in [-0.2, 0) is 11.2 Å². The fraction of sp³-hybridized carbons (Fsp3) is 0.556. The van der Waals surface area contributed by atoms with Gasteiger partial charge in [0.15, 0.2) is 0 Å². The van der Waals surface area contributed by atoms with E-state index in [1.165, 1.54) is 7.11 Å². The van der Waals surface area contributed by atoms with Crippen LogP contribution in [0.1, 0.15) is 37.7 Å². The molecule has 1 N–H and O–H groups in total. The SMILES string of the molecule is COc1ccccc1CCC(=O)N1N=C2CCCCC2C1(O)C(F)(F)F. The number of nitrogens with zero attached hydrogens (tertiary/aromatic N) is 2. The number of carbonyl (C=O) groups excluding carboxylic acids is 1. The Morgan fingerprint density at radius 2 is 2.12 bits per heavy atom. The number of amides is 1. The first-order valence-electron chi connectivity index (χ1n) is 8.60. The lowest BCUT2D eigenvalue weighted by atomic mass is 9.80.